The van der Waals surface area contributed by atoms with Gasteiger partial charge in [-0.1, -0.05) is 17.7 Å². The summed E-state index contributed by atoms with van der Waals surface area (Å²) >= 11 is 5.87. The van der Waals surface area contributed by atoms with Gasteiger partial charge in [0.2, 0.25) is 5.91 Å². The molecule has 2 amide bonds. The first-order valence-electron chi connectivity index (χ1n) is 6.43. The molecule has 1 aromatic carbocycles. The van der Waals surface area contributed by atoms with Crippen molar-refractivity contribution in [2.75, 3.05) is 11.9 Å². The summed E-state index contributed by atoms with van der Waals surface area (Å²) in [5.41, 5.74) is -0.433. The van der Waals surface area contributed by atoms with Crippen LogP contribution in [0.3, 0.4) is 0 Å². The first kappa shape index (κ1) is 17.1. The van der Waals surface area contributed by atoms with Crippen LogP contribution in [0.4, 0.5) is 10.5 Å². The van der Waals surface area contributed by atoms with Crippen LogP contribution in [-0.2, 0) is 9.53 Å². The smallest absolute Gasteiger partial charge is 0.407 e. The molecule has 21 heavy (non-hydrogen) atoms. The van der Waals surface area contributed by atoms with Crippen molar-refractivity contribution < 1.29 is 19.4 Å². The van der Waals surface area contributed by atoms with Gasteiger partial charge in [-0.15, -0.1) is 0 Å². The first-order chi connectivity index (χ1) is 9.69. The fourth-order valence-electron chi connectivity index (χ4n) is 1.43. The van der Waals surface area contributed by atoms with Crippen molar-refractivity contribution in [3.63, 3.8) is 0 Å². The molecule has 0 bridgehead atoms. The summed E-state index contributed by atoms with van der Waals surface area (Å²) in [6.07, 6.45) is -0.555. The Bertz CT molecular complexity index is 506. The third kappa shape index (κ3) is 6.35. The van der Waals surface area contributed by atoms with E-state index in [1.54, 1.807) is 32.9 Å². The summed E-state index contributed by atoms with van der Waals surface area (Å²) in [6.45, 7) is 5.37. The molecule has 0 aliphatic rings. The number of para-hydroxylation sites is 1. The fourth-order valence-corrected chi connectivity index (χ4v) is 1.65. The number of anilines is 1. The second kappa shape index (κ2) is 7.17. The zero-order valence-corrected chi connectivity index (χ0v) is 13.0. The average molecular weight is 315 g/mol. The van der Waals surface area contributed by atoms with E-state index in [0.717, 1.165) is 0 Å². The molecule has 0 aliphatic heterocycles. The van der Waals surface area contributed by atoms with E-state index in [1.165, 1.54) is 6.07 Å². The minimum Gasteiger partial charge on any atom is -0.506 e. The molecule has 0 aliphatic carbocycles. The van der Waals surface area contributed by atoms with E-state index in [0.29, 0.717) is 0 Å². The van der Waals surface area contributed by atoms with Gasteiger partial charge in [0.15, 0.2) is 0 Å². The molecular formula is C14H19ClN2O4. The van der Waals surface area contributed by atoms with Crippen molar-refractivity contribution >= 4 is 29.3 Å². The number of carbonyl (C=O) groups is 2. The highest BCUT2D eigenvalue weighted by Crippen LogP contribution is 2.30. The van der Waals surface area contributed by atoms with Gasteiger partial charge in [0, 0.05) is 13.0 Å². The Morgan fingerprint density at radius 3 is 2.57 bits per heavy atom. The third-order valence-corrected chi connectivity index (χ3v) is 2.59. The number of carbonyl (C=O) groups excluding carboxylic acids is 2. The largest absolute Gasteiger partial charge is 0.506 e. The van der Waals surface area contributed by atoms with Crippen LogP contribution in [0.15, 0.2) is 18.2 Å². The van der Waals surface area contributed by atoms with E-state index in [9.17, 15) is 14.7 Å². The molecule has 0 aromatic heterocycles. The summed E-state index contributed by atoms with van der Waals surface area (Å²) in [6, 6.07) is 4.54. The Hall–Kier alpha value is -1.95. The minimum absolute atomic E-state index is 0.0317. The molecule has 0 fully saturated rings. The predicted molar refractivity (Wildman–Crippen MR) is 80.6 cm³/mol. The number of amides is 2. The van der Waals surface area contributed by atoms with Crippen molar-refractivity contribution in [2.45, 2.75) is 32.8 Å². The summed E-state index contributed by atoms with van der Waals surface area (Å²) in [4.78, 5) is 23.1. The number of halogens is 1. The number of hydrogen-bond donors (Lipinski definition) is 3. The Kier molecular flexibility index (Phi) is 5.84. The van der Waals surface area contributed by atoms with Gasteiger partial charge in [0.1, 0.15) is 17.0 Å². The van der Waals surface area contributed by atoms with Gasteiger partial charge in [0.05, 0.1) is 5.02 Å². The monoisotopic (exact) mass is 314 g/mol. The molecule has 0 unspecified atom stereocenters. The number of nitrogens with one attached hydrogen (secondary N) is 2. The van der Waals surface area contributed by atoms with E-state index in [4.69, 9.17) is 16.3 Å². The van der Waals surface area contributed by atoms with Crippen LogP contribution in [0.5, 0.6) is 5.75 Å². The number of rotatable bonds is 4. The lowest BCUT2D eigenvalue weighted by Gasteiger charge is -2.19. The van der Waals surface area contributed by atoms with Crippen molar-refractivity contribution in [1.82, 2.24) is 5.32 Å². The molecule has 6 nitrogen and oxygen atoms in total. The molecule has 1 aromatic rings. The van der Waals surface area contributed by atoms with Gasteiger partial charge in [-0.25, -0.2) is 4.79 Å². The average Bonchev–Trinajstić information content (AvgIpc) is 2.31. The number of benzene rings is 1. The zero-order valence-electron chi connectivity index (χ0n) is 12.2. The number of phenolic OH excluding ortho intramolecular Hbond substituents is 1. The van der Waals surface area contributed by atoms with E-state index >= 15 is 0 Å². The van der Waals surface area contributed by atoms with Crippen LogP contribution in [0.25, 0.3) is 0 Å². The highest BCUT2D eigenvalue weighted by atomic mass is 35.5. The minimum atomic E-state index is -0.588. The maximum atomic E-state index is 11.7. The van der Waals surface area contributed by atoms with Crippen LogP contribution in [0.2, 0.25) is 5.02 Å². The quantitative estimate of drug-likeness (QED) is 0.746. The van der Waals surface area contributed by atoms with E-state index in [1.807, 2.05) is 0 Å². The normalized spacial score (nSPS) is 10.9. The number of phenols is 1. The van der Waals surface area contributed by atoms with Gasteiger partial charge in [-0.3, -0.25) is 4.79 Å². The zero-order chi connectivity index (χ0) is 16.0. The fraction of sp³-hybridized carbons (Fsp3) is 0.429. The van der Waals surface area contributed by atoms with Gasteiger partial charge in [0.25, 0.3) is 0 Å². The lowest BCUT2D eigenvalue weighted by Crippen LogP contribution is -2.34. The number of hydrogen-bond acceptors (Lipinski definition) is 4. The number of alkyl carbamates (subject to hydrolysis) is 1. The Balaban J connectivity index is 2.40. The molecule has 0 atom stereocenters. The molecule has 1 rings (SSSR count). The first-order valence-corrected chi connectivity index (χ1v) is 6.81. The standard InChI is InChI=1S/C14H19ClN2O4/c1-14(2,3)21-13(20)16-8-7-11(19)17-12-9(15)5-4-6-10(12)18/h4-6,18H,7-8H2,1-3H3,(H,16,20)(H,17,19). The van der Waals surface area contributed by atoms with Crippen LogP contribution in [-0.4, -0.2) is 29.3 Å². The van der Waals surface area contributed by atoms with Crippen LogP contribution in [0, 0.1) is 0 Å². The van der Waals surface area contributed by atoms with Crippen molar-refractivity contribution in [1.29, 1.82) is 0 Å². The number of ether oxygens (including phenoxy) is 1. The molecule has 0 spiro atoms. The highest BCUT2D eigenvalue weighted by Gasteiger charge is 2.16. The summed E-state index contributed by atoms with van der Waals surface area (Å²) in [5.74, 6) is -0.495. The van der Waals surface area contributed by atoms with Gasteiger partial charge >= 0.3 is 6.09 Å². The predicted octanol–water partition coefficient (Wildman–Crippen LogP) is 2.90. The maximum absolute atomic E-state index is 11.7. The van der Waals surface area contributed by atoms with Crippen LogP contribution < -0.4 is 10.6 Å². The molecule has 116 valence electrons. The third-order valence-electron chi connectivity index (χ3n) is 2.28. The second-order valence-corrected chi connectivity index (χ2v) is 5.77. The van der Waals surface area contributed by atoms with Crippen molar-refractivity contribution in [3.05, 3.63) is 23.2 Å². The lowest BCUT2D eigenvalue weighted by molar-refractivity contribution is -0.116. The summed E-state index contributed by atoms with van der Waals surface area (Å²) in [5, 5.41) is 14.8. The van der Waals surface area contributed by atoms with E-state index in [2.05, 4.69) is 10.6 Å². The number of aromatic hydroxyl groups is 1. The maximum Gasteiger partial charge on any atom is 0.407 e. The van der Waals surface area contributed by atoms with Crippen molar-refractivity contribution in [3.8, 4) is 5.75 Å². The van der Waals surface area contributed by atoms with Gasteiger partial charge in [-0.2, -0.15) is 0 Å². The molecule has 7 heteroatoms. The molecule has 0 heterocycles. The molecule has 3 N–H and O–H groups in total. The SMILES string of the molecule is CC(C)(C)OC(=O)NCCC(=O)Nc1c(O)cccc1Cl. The molecule has 0 radical (unpaired) electrons. The van der Waals surface area contributed by atoms with Crippen LogP contribution in [0.1, 0.15) is 27.2 Å². The Morgan fingerprint density at radius 2 is 2.00 bits per heavy atom. The Morgan fingerprint density at radius 1 is 1.33 bits per heavy atom. The summed E-state index contributed by atoms with van der Waals surface area (Å²) < 4.78 is 5.03. The van der Waals surface area contributed by atoms with E-state index < -0.39 is 11.7 Å². The van der Waals surface area contributed by atoms with Crippen molar-refractivity contribution in [2.24, 2.45) is 0 Å². The molecular weight excluding hydrogens is 296 g/mol. The van der Waals surface area contributed by atoms with Crippen LogP contribution >= 0.6 is 11.6 Å². The van der Waals surface area contributed by atoms with E-state index in [-0.39, 0.29) is 35.3 Å². The molecule has 0 saturated carbocycles. The molecule has 0 saturated heterocycles. The second-order valence-electron chi connectivity index (χ2n) is 5.36. The highest BCUT2D eigenvalue weighted by molar-refractivity contribution is 6.34. The van der Waals surface area contributed by atoms with Gasteiger partial charge in [-0.05, 0) is 32.9 Å². The summed E-state index contributed by atoms with van der Waals surface area (Å²) in [7, 11) is 0. The topological polar surface area (TPSA) is 87.7 Å². The van der Waals surface area contributed by atoms with Gasteiger partial charge < -0.3 is 20.5 Å². The Labute approximate surface area is 128 Å². The lowest BCUT2D eigenvalue weighted by atomic mass is 10.2.